The van der Waals surface area contributed by atoms with Gasteiger partial charge in [-0.1, -0.05) is 20.8 Å². The van der Waals surface area contributed by atoms with E-state index >= 15 is 0 Å². The number of anilines is 1. The average molecular weight is 714 g/mol. The average Bonchev–Trinajstić information content (AvgIpc) is 3.59. The van der Waals surface area contributed by atoms with E-state index in [0.29, 0.717) is 67.3 Å². The first-order chi connectivity index (χ1) is 21.9. The Morgan fingerprint density at radius 1 is 1.19 bits per heavy atom. The summed E-state index contributed by atoms with van der Waals surface area (Å²) < 4.78 is 12.0. The number of amides is 1. The number of ether oxygens (including phenoxy) is 2. The SMILES string of the molecule is Br.CCOc1cc2c(nc1C(=O)NC)C(=N)N(CC(=O)c1cc(N3CCC(CC#N)C3)c(OCCCCC(=O)O)c(C(C)(C)C)c1)C2. The number of unbranched alkanes of at least 4 members (excludes halogenated alkanes) is 1. The minimum atomic E-state index is -0.842. The van der Waals surface area contributed by atoms with Crippen LogP contribution in [0.3, 0.4) is 0 Å². The van der Waals surface area contributed by atoms with E-state index in [9.17, 15) is 19.6 Å². The summed E-state index contributed by atoms with van der Waals surface area (Å²) in [5.74, 6) is -0.157. The van der Waals surface area contributed by atoms with E-state index in [4.69, 9.17) is 20.0 Å². The third kappa shape index (κ3) is 8.80. The van der Waals surface area contributed by atoms with Crippen LogP contribution in [0.25, 0.3) is 0 Å². The van der Waals surface area contributed by atoms with Gasteiger partial charge in [-0.05, 0) is 55.7 Å². The van der Waals surface area contributed by atoms with Crippen LogP contribution in [-0.2, 0) is 16.8 Å². The fourth-order valence-corrected chi connectivity index (χ4v) is 5.86. The predicted molar refractivity (Wildman–Crippen MR) is 183 cm³/mol. The summed E-state index contributed by atoms with van der Waals surface area (Å²) in [6.45, 7) is 10.3. The van der Waals surface area contributed by atoms with Gasteiger partial charge in [0.1, 0.15) is 17.3 Å². The Labute approximate surface area is 286 Å². The highest BCUT2D eigenvalue weighted by atomic mass is 79.9. The Bertz CT molecular complexity index is 1550. The second-order valence-electron chi connectivity index (χ2n) is 12.8. The number of nitrogens with zero attached hydrogens (tertiary/aromatic N) is 4. The minimum Gasteiger partial charge on any atom is -0.491 e. The van der Waals surface area contributed by atoms with Crippen LogP contribution in [-0.4, -0.2) is 78.4 Å². The molecule has 1 saturated heterocycles. The summed E-state index contributed by atoms with van der Waals surface area (Å²) in [7, 11) is 1.50. The number of carboxylic acid groups (broad SMARTS) is 1. The van der Waals surface area contributed by atoms with Crippen LogP contribution in [0.1, 0.15) is 97.5 Å². The Morgan fingerprint density at radius 2 is 1.94 bits per heavy atom. The lowest BCUT2D eigenvalue weighted by Crippen LogP contribution is -2.31. The Balaban J connectivity index is 0.00000600. The number of amidine groups is 1. The Kier molecular flexibility index (Phi) is 12.8. The predicted octanol–water partition coefficient (Wildman–Crippen LogP) is 5.11. The number of Topliss-reactive ketones (excluding diaryl/α,β-unsaturated/α-hetero) is 1. The summed E-state index contributed by atoms with van der Waals surface area (Å²) in [5.41, 5.74) is 2.88. The maximum absolute atomic E-state index is 14.0. The van der Waals surface area contributed by atoms with Gasteiger partial charge in [-0.15, -0.1) is 17.0 Å². The fraction of sp³-hybridized carbons (Fsp3) is 0.529. The number of carbonyl (C=O) groups is 3. The van der Waals surface area contributed by atoms with Crippen molar-refractivity contribution >= 4 is 46.2 Å². The summed E-state index contributed by atoms with van der Waals surface area (Å²) in [6.07, 6.45) is 2.45. The number of rotatable bonds is 14. The lowest BCUT2D eigenvalue weighted by molar-refractivity contribution is -0.137. The number of fused-ring (bicyclic) bond motifs is 1. The molecule has 3 heterocycles. The molecule has 1 aromatic heterocycles. The highest BCUT2D eigenvalue weighted by molar-refractivity contribution is 8.93. The number of pyridine rings is 1. The molecule has 0 radical (unpaired) electrons. The van der Waals surface area contributed by atoms with Crippen molar-refractivity contribution in [2.75, 3.05) is 44.8 Å². The number of hydrogen-bond donors (Lipinski definition) is 3. The van der Waals surface area contributed by atoms with E-state index in [1.54, 1.807) is 11.0 Å². The van der Waals surface area contributed by atoms with E-state index in [1.165, 1.54) is 7.05 Å². The third-order valence-corrected chi connectivity index (χ3v) is 8.28. The summed E-state index contributed by atoms with van der Waals surface area (Å²) in [6, 6.07) is 7.71. The number of nitrogens with one attached hydrogen (secondary N) is 2. The first-order valence-corrected chi connectivity index (χ1v) is 15.8. The number of ketones is 1. The summed E-state index contributed by atoms with van der Waals surface area (Å²) >= 11 is 0. The highest BCUT2D eigenvalue weighted by Gasteiger charge is 2.33. The van der Waals surface area contributed by atoms with Crippen molar-refractivity contribution in [3.63, 3.8) is 0 Å². The highest BCUT2D eigenvalue weighted by Crippen LogP contribution is 2.42. The van der Waals surface area contributed by atoms with Gasteiger partial charge >= 0.3 is 5.97 Å². The third-order valence-electron chi connectivity index (χ3n) is 8.28. The smallest absolute Gasteiger partial charge is 0.303 e. The van der Waals surface area contributed by atoms with Crippen LogP contribution in [0.15, 0.2) is 18.2 Å². The molecule has 0 bridgehead atoms. The van der Waals surface area contributed by atoms with Crippen LogP contribution < -0.4 is 19.7 Å². The normalized spacial score (nSPS) is 15.5. The van der Waals surface area contributed by atoms with E-state index in [1.807, 2.05) is 19.1 Å². The number of nitriles is 1. The molecule has 4 rings (SSSR count). The van der Waals surface area contributed by atoms with Crippen LogP contribution >= 0.6 is 17.0 Å². The molecule has 47 heavy (non-hydrogen) atoms. The lowest BCUT2D eigenvalue weighted by atomic mass is 9.84. The zero-order valence-corrected chi connectivity index (χ0v) is 29.5. The second-order valence-corrected chi connectivity index (χ2v) is 12.8. The van der Waals surface area contributed by atoms with Gasteiger partial charge < -0.3 is 29.7 Å². The zero-order valence-electron chi connectivity index (χ0n) is 27.8. The standard InChI is InChI=1S/C34H44N6O6.BrH/c1-6-45-27-17-23-19-40(32(36)29(23)38-30(27)33(44)37-5)20-26(41)22-15-24(34(2,3)4)31(46-14-8-7-9-28(42)43)25(16-22)39-13-11-21(18-39)10-12-35;/h15-17,21,36H,6-11,13-14,18-20H2,1-5H3,(H,37,44)(H,42,43);1H. The summed E-state index contributed by atoms with van der Waals surface area (Å²) in [5, 5.41) is 29.7. The molecule has 1 fully saturated rings. The van der Waals surface area contributed by atoms with Crippen molar-refractivity contribution in [1.82, 2.24) is 15.2 Å². The number of carbonyl (C=O) groups excluding carboxylic acids is 2. The molecule has 0 aliphatic carbocycles. The Morgan fingerprint density at radius 3 is 2.57 bits per heavy atom. The van der Waals surface area contributed by atoms with Crippen LogP contribution in [0.4, 0.5) is 5.69 Å². The maximum atomic E-state index is 14.0. The summed E-state index contributed by atoms with van der Waals surface area (Å²) in [4.78, 5) is 45.7. The van der Waals surface area contributed by atoms with Crippen molar-refractivity contribution in [2.24, 2.45) is 5.92 Å². The van der Waals surface area contributed by atoms with E-state index in [2.05, 4.69) is 42.0 Å². The number of hydrogen-bond acceptors (Lipinski definition) is 9. The van der Waals surface area contributed by atoms with E-state index in [-0.39, 0.29) is 65.1 Å². The maximum Gasteiger partial charge on any atom is 0.303 e. The van der Waals surface area contributed by atoms with Crippen molar-refractivity contribution in [3.05, 3.63) is 46.3 Å². The Hall–Kier alpha value is -4.18. The molecule has 254 valence electrons. The molecule has 2 aromatic rings. The lowest BCUT2D eigenvalue weighted by Gasteiger charge is -2.30. The van der Waals surface area contributed by atoms with Crippen LogP contribution in [0.5, 0.6) is 11.5 Å². The first kappa shape index (κ1) is 37.3. The number of benzene rings is 1. The molecule has 1 amide bonds. The van der Waals surface area contributed by atoms with Gasteiger partial charge in [0.05, 0.1) is 31.5 Å². The molecule has 0 spiro atoms. The van der Waals surface area contributed by atoms with Crippen LogP contribution in [0, 0.1) is 22.7 Å². The second kappa shape index (κ2) is 16.1. The van der Waals surface area contributed by atoms with Gasteiger partial charge in [0, 0.05) is 56.2 Å². The van der Waals surface area contributed by atoms with Crippen molar-refractivity contribution in [3.8, 4) is 17.6 Å². The molecule has 3 N–H and O–H groups in total. The largest absolute Gasteiger partial charge is 0.491 e. The molecular formula is C34H45BrN6O6. The molecule has 0 saturated carbocycles. The van der Waals surface area contributed by atoms with Gasteiger partial charge in [-0.25, -0.2) is 4.98 Å². The minimum absolute atomic E-state index is 0. The number of aromatic nitrogens is 1. The topological polar surface area (TPSA) is 169 Å². The molecule has 1 unspecified atom stereocenters. The first-order valence-electron chi connectivity index (χ1n) is 15.8. The van der Waals surface area contributed by atoms with Crippen LogP contribution in [0.2, 0.25) is 0 Å². The number of carboxylic acids is 1. The molecule has 1 atom stereocenters. The van der Waals surface area contributed by atoms with Gasteiger partial charge in [0.15, 0.2) is 17.2 Å². The molecule has 2 aliphatic heterocycles. The van der Waals surface area contributed by atoms with E-state index < -0.39 is 11.9 Å². The van der Waals surface area contributed by atoms with E-state index in [0.717, 1.165) is 24.2 Å². The zero-order chi connectivity index (χ0) is 33.6. The monoisotopic (exact) mass is 712 g/mol. The van der Waals surface area contributed by atoms with Crippen molar-refractivity contribution in [1.29, 1.82) is 10.7 Å². The van der Waals surface area contributed by atoms with Crippen molar-refractivity contribution in [2.45, 2.75) is 71.8 Å². The van der Waals surface area contributed by atoms with Crippen molar-refractivity contribution < 1.29 is 29.0 Å². The molecule has 13 heteroatoms. The number of aliphatic carboxylic acids is 1. The molecule has 1 aromatic carbocycles. The molecular weight excluding hydrogens is 668 g/mol. The van der Waals surface area contributed by atoms with Gasteiger partial charge in [0.25, 0.3) is 5.91 Å². The number of halogens is 1. The van der Waals surface area contributed by atoms with Gasteiger partial charge in [-0.2, -0.15) is 5.26 Å². The molecule has 12 nitrogen and oxygen atoms in total. The fourth-order valence-electron chi connectivity index (χ4n) is 5.86. The van der Waals surface area contributed by atoms with Gasteiger partial charge in [-0.3, -0.25) is 19.8 Å². The molecule has 2 aliphatic rings. The quantitative estimate of drug-likeness (QED) is 0.177. The van der Waals surface area contributed by atoms with Gasteiger partial charge in [0.2, 0.25) is 0 Å².